The molecular weight excluding hydrogens is 338 g/mol. The van der Waals surface area contributed by atoms with Crippen molar-refractivity contribution in [3.8, 4) is 0 Å². The van der Waals surface area contributed by atoms with E-state index in [4.69, 9.17) is 5.11 Å². The molecule has 2 N–H and O–H groups in total. The Bertz CT molecular complexity index is 404. The third-order valence-corrected chi connectivity index (χ3v) is 4.71. The highest BCUT2D eigenvalue weighted by Gasteiger charge is 2.17. The Kier molecular flexibility index (Phi) is 17.2. The lowest BCUT2D eigenvalue weighted by atomic mass is 10.0. The number of nitrogens with one attached hydrogen (secondary N) is 1. The van der Waals surface area contributed by atoms with Gasteiger partial charge in [-0.2, -0.15) is 0 Å². The molecule has 158 valence electrons. The molecule has 0 fully saturated rings. The number of hydrogen-bond acceptors (Lipinski definition) is 2. The van der Waals surface area contributed by atoms with Gasteiger partial charge in [0.15, 0.2) is 0 Å². The number of aliphatic carboxylic acids is 1. The summed E-state index contributed by atoms with van der Waals surface area (Å²) in [6.07, 6.45) is 19.1. The standard InChI is InChI=1S/C23H43NO3/c1-4-5-6-7-8-9-10-11-12-13-14-15-16-17-22(25)24-21(18-20(2)3)19-23(26)27/h9-10,20-21H,4-8,11-19H2,1-3H3,(H,24,25)(H,26,27)/b10-9+. The van der Waals surface area contributed by atoms with Crippen LogP contribution in [0.25, 0.3) is 0 Å². The summed E-state index contributed by atoms with van der Waals surface area (Å²) in [5, 5.41) is 11.8. The summed E-state index contributed by atoms with van der Waals surface area (Å²) >= 11 is 0. The van der Waals surface area contributed by atoms with Crippen molar-refractivity contribution in [1.29, 1.82) is 0 Å². The third-order valence-electron chi connectivity index (χ3n) is 4.71. The monoisotopic (exact) mass is 381 g/mol. The summed E-state index contributed by atoms with van der Waals surface area (Å²) in [7, 11) is 0. The van der Waals surface area contributed by atoms with Crippen LogP contribution in [0.4, 0.5) is 0 Å². The lowest BCUT2D eigenvalue weighted by molar-refractivity contribution is -0.137. The van der Waals surface area contributed by atoms with Crippen LogP contribution in [0.15, 0.2) is 12.2 Å². The lowest BCUT2D eigenvalue weighted by Gasteiger charge is -2.18. The molecule has 0 heterocycles. The molecular formula is C23H43NO3. The molecule has 0 spiro atoms. The van der Waals surface area contributed by atoms with E-state index in [9.17, 15) is 9.59 Å². The molecule has 0 bridgehead atoms. The third kappa shape index (κ3) is 19.3. The molecule has 0 aromatic heterocycles. The lowest BCUT2D eigenvalue weighted by Crippen LogP contribution is -2.37. The summed E-state index contributed by atoms with van der Waals surface area (Å²) in [6, 6.07) is -0.247. The van der Waals surface area contributed by atoms with Crippen LogP contribution >= 0.6 is 0 Å². The Labute approximate surface area is 167 Å². The van der Waals surface area contributed by atoms with E-state index in [1.54, 1.807) is 0 Å². The number of amides is 1. The molecule has 0 aliphatic heterocycles. The van der Waals surface area contributed by atoms with Crippen molar-refractivity contribution < 1.29 is 14.7 Å². The van der Waals surface area contributed by atoms with Gasteiger partial charge in [-0.25, -0.2) is 0 Å². The predicted octanol–water partition coefficient (Wildman–Crippen LogP) is 6.25. The zero-order valence-electron chi connectivity index (χ0n) is 18.0. The molecule has 0 aromatic rings. The second-order valence-electron chi connectivity index (χ2n) is 8.12. The van der Waals surface area contributed by atoms with Crippen molar-refractivity contribution in [2.24, 2.45) is 5.92 Å². The first-order valence-electron chi connectivity index (χ1n) is 11.1. The number of hydrogen-bond donors (Lipinski definition) is 2. The van der Waals surface area contributed by atoms with Crippen molar-refractivity contribution in [2.45, 2.75) is 117 Å². The average molecular weight is 382 g/mol. The normalized spacial score (nSPS) is 12.6. The van der Waals surface area contributed by atoms with Gasteiger partial charge in [-0.1, -0.05) is 71.4 Å². The van der Waals surface area contributed by atoms with Crippen molar-refractivity contribution in [3.05, 3.63) is 12.2 Å². The summed E-state index contributed by atoms with van der Waals surface area (Å²) in [5.74, 6) is -0.482. The largest absolute Gasteiger partial charge is 0.481 e. The number of allylic oxidation sites excluding steroid dienone is 2. The highest BCUT2D eigenvalue weighted by Crippen LogP contribution is 2.11. The Morgan fingerprint density at radius 2 is 1.44 bits per heavy atom. The molecule has 0 aliphatic carbocycles. The fourth-order valence-corrected chi connectivity index (χ4v) is 3.28. The van der Waals surface area contributed by atoms with Crippen LogP contribution < -0.4 is 5.32 Å². The molecule has 0 saturated carbocycles. The Morgan fingerprint density at radius 1 is 0.889 bits per heavy atom. The Hall–Kier alpha value is -1.32. The minimum Gasteiger partial charge on any atom is -0.481 e. The first kappa shape index (κ1) is 25.7. The minimum atomic E-state index is -0.851. The molecule has 4 nitrogen and oxygen atoms in total. The zero-order chi connectivity index (χ0) is 20.3. The van der Waals surface area contributed by atoms with Crippen LogP contribution in [-0.2, 0) is 9.59 Å². The zero-order valence-corrected chi connectivity index (χ0v) is 18.0. The smallest absolute Gasteiger partial charge is 0.305 e. The van der Waals surface area contributed by atoms with E-state index in [0.29, 0.717) is 18.8 Å². The highest BCUT2D eigenvalue weighted by molar-refractivity contribution is 5.77. The molecule has 27 heavy (non-hydrogen) atoms. The van der Waals surface area contributed by atoms with Crippen LogP contribution in [0.1, 0.15) is 111 Å². The first-order valence-corrected chi connectivity index (χ1v) is 11.1. The van der Waals surface area contributed by atoms with E-state index in [1.165, 1.54) is 57.8 Å². The number of rotatable bonds is 18. The quantitative estimate of drug-likeness (QED) is 0.218. The number of unbranched alkanes of at least 4 members (excludes halogenated alkanes) is 9. The second kappa shape index (κ2) is 18.1. The van der Waals surface area contributed by atoms with E-state index in [1.807, 2.05) is 13.8 Å². The van der Waals surface area contributed by atoms with Gasteiger partial charge in [0.1, 0.15) is 0 Å². The van der Waals surface area contributed by atoms with Crippen LogP contribution in [0.5, 0.6) is 0 Å². The van der Waals surface area contributed by atoms with Crippen LogP contribution in [0.2, 0.25) is 0 Å². The van der Waals surface area contributed by atoms with Gasteiger partial charge in [0.2, 0.25) is 5.91 Å². The summed E-state index contributed by atoms with van der Waals surface area (Å²) in [6.45, 7) is 6.33. The van der Waals surface area contributed by atoms with Crippen LogP contribution in [0, 0.1) is 5.92 Å². The molecule has 0 aliphatic rings. The number of carbonyl (C=O) groups is 2. The Morgan fingerprint density at radius 3 is 2.00 bits per heavy atom. The molecule has 0 saturated heterocycles. The SMILES string of the molecule is CCCCCC/C=C/CCCCCCCC(=O)NC(CC(=O)O)CC(C)C. The van der Waals surface area contributed by atoms with Crippen molar-refractivity contribution in [3.63, 3.8) is 0 Å². The first-order chi connectivity index (χ1) is 13.0. The Balaban J connectivity index is 3.61. The summed E-state index contributed by atoms with van der Waals surface area (Å²) in [5.41, 5.74) is 0. The molecule has 1 atom stereocenters. The van der Waals surface area contributed by atoms with E-state index >= 15 is 0 Å². The van der Waals surface area contributed by atoms with Crippen LogP contribution in [0.3, 0.4) is 0 Å². The van der Waals surface area contributed by atoms with Gasteiger partial charge in [-0.05, 0) is 44.4 Å². The van der Waals surface area contributed by atoms with Gasteiger partial charge in [-0.15, -0.1) is 0 Å². The fraction of sp³-hybridized carbons (Fsp3) is 0.826. The fourth-order valence-electron chi connectivity index (χ4n) is 3.28. The molecule has 0 radical (unpaired) electrons. The maximum Gasteiger partial charge on any atom is 0.305 e. The van der Waals surface area contributed by atoms with Gasteiger partial charge in [0.05, 0.1) is 6.42 Å². The average Bonchev–Trinajstić information content (AvgIpc) is 2.57. The number of carboxylic acids is 1. The van der Waals surface area contributed by atoms with Gasteiger partial charge < -0.3 is 10.4 Å². The molecule has 4 heteroatoms. The van der Waals surface area contributed by atoms with E-state index < -0.39 is 5.97 Å². The van der Waals surface area contributed by atoms with Gasteiger partial charge in [0.25, 0.3) is 0 Å². The van der Waals surface area contributed by atoms with Crippen LogP contribution in [-0.4, -0.2) is 23.0 Å². The van der Waals surface area contributed by atoms with Crippen molar-refractivity contribution in [1.82, 2.24) is 5.32 Å². The number of carboxylic acid groups (broad SMARTS) is 1. The highest BCUT2D eigenvalue weighted by atomic mass is 16.4. The van der Waals surface area contributed by atoms with Gasteiger partial charge in [-0.3, -0.25) is 9.59 Å². The van der Waals surface area contributed by atoms with E-state index in [-0.39, 0.29) is 18.4 Å². The molecule has 0 aromatic carbocycles. The maximum atomic E-state index is 12.0. The maximum absolute atomic E-state index is 12.0. The predicted molar refractivity (Wildman–Crippen MR) is 114 cm³/mol. The molecule has 1 unspecified atom stereocenters. The number of carbonyl (C=O) groups excluding carboxylic acids is 1. The minimum absolute atomic E-state index is 0.00657. The van der Waals surface area contributed by atoms with E-state index in [2.05, 4.69) is 24.4 Å². The summed E-state index contributed by atoms with van der Waals surface area (Å²) < 4.78 is 0. The molecule has 1 amide bonds. The summed E-state index contributed by atoms with van der Waals surface area (Å²) in [4.78, 5) is 22.9. The molecule has 0 rings (SSSR count). The van der Waals surface area contributed by atoms with E-state index in [0.717, 1.165) is 12.8 Å². The van der Waals surface area contributed by atoms with Crippen molar-refractivity contribution in [2.75, 3.05) is 0 Å². The van der Waals surface area contributed by atoms with Gasteiger partial charge in [0, 0.05) is 12.5 Å². The topological polar surface area (TPSA) is 66.4 Å². The van der Waals surface area contributed by atoms with Crippen molar-refractivity contribution >= 4 is 11.9 Å². The van der Waals surface area contributed by atoms with Gasteiger partial charge >= 0.3 is 5.97 Å². The second-order valence-corrected chi connectivity index (χ2v) is 8.12.